The van der Waals surface area contributed by atoms with Gasteiger partial charge in [-0.15, -0.1) is 45.3 Å². The number of ether oxygens (including phenoxy) is 3. The quantitative estimate of drug-likeness (QED) is 0.0597. The molecule has 7 heterocycles. The molecule has 2 atom stereocenters. The summed E-state index contributed by atoms with van der Waals surface area (Å²) in [6.45, 7) is 9.63. The number of cyclic esters (lactones) is 2. The monoisotopic (exact) mass is 1050 g/mol. The van der Waals surface area contributed by atoms with Crippen LogP contribution in [0, 0.1) is 19.3 Å². The van der Waals surface area contributed by atoms with Crippen molar-refractivity contribution in [1.29, 1.82) is 5.41 Å². The molecule has 0 saturated carbocycles. The Morgan fingerprint density at radius 2 is 1.26 bits per heavy atom. The number of halogens is 2. The van der Waals surface area contributed by atoms with Crippen molar-refractivity contribution >= 4 is 127 Å². The number of hydrogen-bond donors (Lipinski definition) is 4. The average molecular weight is 1050 g/mol. The number of carbonyl (C=O) groups excluding carboxylic acids is 4. The summed E-state index contributed by atoms with van der Waals surface area (Å²) in [7, 11) is 1.47. The van der Waals surface area contributed by atoms with E-state index in [2.05, 4.69) is 47.5 Å². The minimum absolute atomic E-state index is 0.137. The summed E-state index contributed by atoms with van der Waals surface area (Å²) in [6.07, 6.45) is -0.604. The van der Waals surface area contributed by atoms with Crippen LogP contribution in [0.15, 0.2) is 88.5 Å². The maximum atomic E-state index is 12.4. The SMILES string of the molecule is CCCNc1ccc(N2C[C@H](CNC(=O)c3ccc(Cl)s3)OC2=O)cc1.COC(=N)c1nc(C)cs1.Cc1csc(C2=NCCN2c2ccc(N3C[C@H](CNC(=O)c4ccc(Cl)s4)OC3=O)cc2)n1. The maximum absolute atomic E-state index is 12.4. The molecule has 0 radical (unpaired) electrons. The first-order chi connectivity index (χ1) is 33.3. The lowest BCUT2D eigenvalue weighted by Crippen LogP contribution is -2.34. The Balaban J connectivity index is 0.000000173. The third kappa shape index (κ3) is 13.6. The van der Waals surface area contributed by atoms with Gasteiger partial charge in [-0.25, -0.2) is 19.6 Å². The van der Waals surface area contributed by atoms with Crippen molar-refractivity contribution in [2.45, 2.75) is 39.4 Å². The molecule has 69 heavy (non-hydrogen) atoms. The lowest BCUT2D eigenvalue weighted by atomic mass is 10.2. The number of nitrogens with zero attached hydrogens (tertiary/aromatic N) is 6. The fourth-order valence-electron chi connectivity index (χ4n) is 6.86. The van der Waals surface area contributed by atoms with E-state index >= 15 is 0 Å². The number of aryl methyl sites for hydroxylation is 2. The number of thiophene rings is 2. The number of amides is 4. The maximum Gasteiger partial charge on any atom is 0.414 e. The molecule has 0 spiro atoms. The first kappa shape index (κ1) is 50.8. The summed E-state index contributed by atoms with van der Waals surface area (Å²) in [5.74, 6) is 0.564. The van der Waals surface area contributed by atoms with Gasteiger partial charge in [-0.2, -0.15) is 0 Å². The van der Waals surface area contributed by atoms with Gasteiger partial charge in [0.2, 0.25) is 5.90 Å². The number of nitrogens with one attached hydrogen (secondary N) is 4. The van der Waals surface area contributed by atoms with Crippen molar-refractivity contribution in [3.63, 3.8) is 0 Å². The van der Waals surface area contributed by atoms with Crippen LogP contribution in [-0.2, 0) is 14.2 Å². The van der Waals surface area contributed by atoms with E-state index in [-0.39, 0.29) is 36.9 Å². The van der Waals surface area contributed by atoms with Gasteiger partial charge in [0.1, 0.15) is 12.2 Å². The summed E-state index contributed by atoms with van der Waals surface area (Å²) >= 11 is 17.1. The number of rotatable bonds is 14. The highest BCUT2D eigenvalue weighted by atomic mass is 35.5. The molecule has 3 aliphatic rings. The van der Waals surface area contributed by atoms with Crippen molar-refractivity contribution < 1.29 is 33.4 Å². The summed E-state index contributed by atoms with van der Waals surface area (Å²) in [5.41, 5.74) is 5.44. The molecule has 6 aromatic rings. The zero-order valence-corrected chi connectivity index (χ0v) is 42.6. The second kappa shape index (κ2) is 24.0. The van der Waals surface area contributed by atoms with Crippen LogP contribution in [0.5, 0.6) is 0 Å². The average Bonchev–Trinajstić information content (AvgIpc) is 4.23. The molecule has 4 amide bonds. The van der Waals surface area contributed by atoms with Crippen molar-refractivity contribution in [2.24, 2.45) is 4.99 Å². The lowest BCUT2D eigenvalue weighted by Gasteiger charge is -2.20. The smallest absolute Gasteiger partial charge is 0.414 e. The van der Waals surface area contributed by atoms with Gasteiger partial charge in [-0.1, -0.05) is 30.1 Å². The van der Waals surface area contributed by atoms with Crippen LogP contribution in [0.25, 0.3) is 0 Å². The molecule has 4 aromatic heterocycles. The fraction of sp³-hybridized carbons (Fsp3) is 0.304. The third-order valence-corrected chi connectivity index (χ3v) is 14.6. The molecule has 0 bridgehead atoms. The molecule has 0 unspecified atom stereocenters. The number of carbonyl (C=O) groups is 4. The van der Waals surface area contributed by atoms with E-state index in [0.29, 0.717) is 36.5 Å². The molecule has 2 saturated heterocycles. The van der Waals surface area contributed by atoms with Gasteiger partial charge in [0.05, 0.1) is 58.3 Å². The summed E-state index contributed by atoms with van der Waals surface area (Å²) in [4.78, 5) is 68.4. The Morgan fingerprint density at radius 3 is 1.71 bits per heavy atom. The Bertz CT molecular complexity index is 2780. The van der Waals surface area contributed by atoms with Gasteiger partial charge in [-0.05, 0) is 93.1 Å². The Hall–Kier alpha value is -6.10. The van der Waals surface area contributed by atoms with E-state index in [4.69, 9.17) is 38.1 Å². The number of hydrogen-bond acceptors (Lipinski definition) is 17. The largest absolute Gasteiger partial charge is 0.479 e. The molecule has 0 aliphatic carbocycles. The molecule has 3 aliphatic heterocycles. The molecular formula is C46H48Cl2N10O7S4. The van der Waals surface area contributed by atoms with E-state index < -0.39 is 18.3 Å². The van der Waals surface area contributed by atoms with Crippen molar-refractivity contribution in [2.75, 3.05) is 72.9 Å². The Labute approximate surface area is 424 Å². The summed E-state index contributed by atoms with van der Waals surface area (Å²) in [5, 5.41) is 21.5. The molecule has 4 N–H and O–H groups in total. The third-order valence-electron chi connectivity index (χ3n) is 10.2. The normalized spacial score (nSPS) is 16.1. The molecule has 23 heteroatoms. The highest BCUT2D eigenvalue weighted by Crippen LogP contribution is 2.29. The Morgan fingerprint density at radius 1 is 0.754 bits per heavy atom. The number of aromatic nitrogens is 2. The van der Waals surface area contributed by atoms with E-state index in [1.54, 1.807) is 45.4 Å². The van der Waals surface area contributed by atoms with Crippen molar-refractivity contribution in [3.05, 3.63) is 123 Å². The van der Waals surface area contributed by atoms with E-state index in [1.165, 1.54) is 41.1 Å². The first-order valence-electron chi connectivity index (χ1n) is 21.5. The zero-order chi connectivity index (χ0) is 49.0. The van der Waals surface area contributed by atoms with Gasteiger partial charge in [-0.3, -0.25) is 29.8 Å². The molecule has 9 rings (SSSR count). The second-order valence-corrected chi connectivity index (χ2v) is 20.5. The molecule has 2 aromatic carbocycles. The minimum atomic E-state index is -0.429. The summed E-state index contributed by atoms with van der Waals surface area (Å²) < 4.78 is 16.6. The number of methoxy groups -OCH3 is 1. The van der Waals surface area contributed by atoms with Crippen LogP contribution < -0.4 is 30.7 Å². The molecule has 17 nitrogen and oxygen atoms in total. The van der Waals surface area contributed by atoms with E-state index in [0.717, 1.165) is 71.0 Å². The molecular weight excluding hydrogens is 1000 g/mol. The van der Waals surface area contributed by atoms with Gasteiger partial charge in [0.25, 0.3) is 11.8 Å². The van der Waals surface area contributed by atoms with E-state index in [1.807, 2.05) is 73.1 Å². The van der Waals surface area contributed by atoms with Crippen molar-refractivity contribution in [1.82, 2.24) is 20.6 Å². The minimum Gasteiger partial charge on any atom is -0.479 e. The topological polar surface area (TPSA) is 204 Å². The van der Waals surface area contributed by atoms with Gasteiger partial charge in [0, 0.05) is 58.0 Å². The van der Waals surface area contributed by atoms with Crippen molar-refractivity contribution in [3.8, 4) is 0 Å². The molecule has 362 valence electrons. The number of thiazole rings is 2. The van der Waals surface area contributed by atoms with Gasteiger partial charge < -0.3 is 35.1 Å². The zero-order valence-electron chi connectivity index (χ0n) is 37.8. The Kier molecular flexibility index (Phi) is 17.6. The molecule has 2 fully saturated rings. The van der Waals surface area contributed by atoms with Gasteiger partial charge >= 0.3 is 12.2 Å². The second-order valence-electron chi connectivity index (χ2n) is 15.3. The number of benzene rings is 2. The lowest BCUT2D eigenvalue weighted by molar-refractivity contribution is 0.0915. The highest BCUT2D eigenvalue weighted by molar-refractivity contribution is 7.18. The van der Waals surface area contributed by atoms with Crippen LogP contribution >= 0.6 is 68.5 Å². The predicted molar refractivity (Wildman–Crippen MR) is 277 cm³/mol. The van der Waals surface area contributed by atoms with Crippen LogP contribution in [0.4, 0.5) is 32.3 Å². The highest BCUT2D eigenvalue weighted by Gasteiger charge is 2.34. The first-order valence-corrected chi connectivity index (χ1v) is 25.7. The van der Waals surface area contributed by atoms with Gasteiger partial charge in [0.15, 0.2) is 15.9 Å². The number of anilines is 4. The number of aliphatic imine (C=N–C) groups is 1. The van der Waals surface area contributed by atoms with Crippen LogP contribution in [-0.4, -0.2) is 111 Å². The van der Waals surface area contributed by atoms with Crippen LogP contribution in [0.1, 0.15) is 54.1 Å². The van der Waals surface area contributed by atoms with Crippen LogP contribution in [0.2, 0.25) is 8.67 Å². The fourth-order valence-corrected chi connectivity index (χ4v) is 10.3. The standard InChI is InChI=1S/C22H20ClN5O3S2.C18H20ClN3O3S.C6H8N2OS/c1-13-12-32-21(26-13)19-24-8-9-27(19)14-2-4-15(5-3-14)28-11-16(31-22(28)30)10-25-20(29)17-6-7-18(23)33-17;1-2-9-20-12-3-5-13(6-4-12)22-11-14(25-18(22)24)10-21-17(23)15-7-8-16(19)26-15;1-4-3-10-6(8-4)5(7)9-2/h2-7,12,16H,8-11H2,1H3,(H,25,29);3-8,14,20H,2,9-11H2,1H3,(H,21,23);3,7H,1-2H3/t16-;14-;/m00./s1. The summed E-state index contributed by atoms with van der Waals surface area (Å²) in [6, 6.07) is 22.1. The number of amidine groups is 1. The van der Waals surface area contributed by atoms with E-state index in [9.17, 15) is 19.2 Å². The predicted octanol–water partition coefficient (Wildman–Crippen LogP) is 9.59. The van der Waals surface area contributed by atoms with Crippen LogP contribution in [0.3, 0.4) is 0 Å².